The Labute approximate surface area is 117 Å². The number of carbonyl (C=O) groups is 1. The number of aromatic carboxylic acids is 1. The van der Waals surface area contributed by atoms with Crippen LogP contribution in [0.5, 0.6) is 0 Å². The monoisotopic (exact) mass is 277 g/mol. The van der Waals surface area contributed by atoms with Crippen LogP contribution in [-0.4, -0.2) is 16.1 Å². The molecule has 2 aromatic rings. The van der Waals surface area contributed by atoms with E-state index in [1.807, 2.05) is 0 Å². The second kappa shape index (κ2) is 6.66. The fourth-order valence-electron chi connectivity index (χ4n) is 2.09. The van der Waals surface area contributed by atoms with Crippen molar-refractivity contribution in [2.75, 3.05) is 0 Å². The summed E-state index contributed by atoms with van der Waals surface area (Å²) in [4.78, 5) is 15.5. The van der Waals surface area contributed by atoms with Gasteiger partial charge in [-0.1, -0.05) is 32.6 Å². The van der Waals surface area contributed by atoms with Crippen LogP contribution in [-0.2, 0) is 6.42 Å². The van der Waals surface area contributed by atoms with Gasteiger partial charge < -0.3 is 5.11 Å². The molecular weight excluding hydrogens is 258 g/mol. The molecule has 0 radical (unpaired) electrons. The van der Waals surface area contributed by atoms with Gasteiger partial charge in [-0.25, -0.2) is 9.78 Å². The predicted octanol–water partition coefficient (Wildman–Crippen LogP) is 4.51. The number of hydrogen-bond acceptors (Lipinski definition) is 3. The summed E-state index contributed by atoms with van der Waals surface area (Å²) in [7, 11) is 0. The Morgan fingerprint density at radius 2 is 2.05 bits per heavy atom. The molecule has 0 atom stereocenters. The van der Waals surface area contributed by atoms with Crippen molar-refractivity contribution in [2.24, 2.45) is 0 Å². The zero-order chi connectivity index (χ0) is 13.7. The molecular formula is C15H19NO2S. The average Bonchev–Trinajstić information content (AvgIpc) is 2.80. The first-order chi connectivity index (χ1) is 9.20. The van der Waals surface area contributed by atoms with Crippen molar-refractivity contribution in [2.45, 2.75) is 45.4 Å². The zero-order valence-electron chi connectivity index (χ0n) is 11.2. The van der Waals surface area contributed by atoms with Crippen LogP contribution in [0, 0.1) is 0 Å². The van der Waals surface area contributed by atoms with Gasteiger partial charge >= 0.3 is 5.97 Å². The van der Waals surface area contributed by atoms with E-state index in [-0.39, 0.29) is 0 Å². The van der Waals surface area contributed by atoms with E-state index in [0.29, 0.717) is 5.56 Å². The molecule has 1 aromatic heterocycles. The molecule has 4 heteroatoms. The highest BCUT2D eigenvalue weighted by molar-refractivity contribution is 7.18. The van der Waals surface area contributed by atoms with Gasteiger partial charge in [0.05, 0.1) is 20.8 Å². The van der Waals surface area contributed by atoms with Gasteiger partial charge in [-0.15, -0.1) is 11.3 Å². The van der Waals surface area contributed by atoms with Crippen LogP contribution in [0.4, 0.5) is 0 Å². The first-order valence-electron chi connectivity index (χ1n) is 6.83. The molecule has 2 rings (SSSR count). The third kappa shape index (κ3) is 3.77. The van der Waals surface area contributed by atoms with Crippen molar-refractivity contribution in [1.82, 2.24) is 4.98 Å². The Kier molecular flexibility index (Phi) is 4.91. The van der Waals surface area contributed by atoms with Crippen LogP contribution in [0.3, 0.4) is 0 Å². The number of aromatic nitrogens is 1. The van der Waals surface area contributed by atoms with Crippen molar-refractivity contribution >= 4 is 27.5 Å². The molecule has 3 nitrogen and oxygen atoms in total. The minimum Gasteiger partial charge on any atom is -0.478 e. The van der Waals surface area contributed by atoms with Crippen LogP contribution in [0.2, 0.25) is 0 Å². The van der Waals surface area contributed by atoms with E-state index in [0.717, 1.165) is 21.6 Å². The smallest absolute Gasteiger partial charge is 0.335 e. The summed E-state index contributed by atoms with van der Waals surface area (Å²) in [6.45, 7) is 2.22. The Morgan fingerprint density at radius 3 is 2.79 bits per heavy atom. The number of nitrogens with zero attached hydrogens (tertiary/aromatic N) is 1. The van der Waals surface area contributed by atoms with Crippen LogP contribution in [0.1, 0.15) is 54.4 Å². The quantitative estimate of drug-likeness (QED) is 0.758. The Morgan fingerprint density at radius 1 is 1.26 bits per heavy atom. The van der Waals surface area contributed by atoms with Gasteiger partial charge in [-0.3, -0.25) is 0 Å². The summed E-state index contributed by atoms with van der Waals surface area (Å²) in [6, 6.07) is 5.14. The molecule has 102 valence electrons. The normalized spacial score (nSPS) is 11.0. The number of aryl methyl sites for hydroxylation is 1. The van der Waals surface area contributed by atoms with E-state index in [1.54, 1.807) is 29.5 Å². The van der Waals surface area contributed by atoms with Gasteiger partial charge in [0, 0.05) is 0 Å². The number of carboxylic acid groups (broad SMARTS) is 1. The van der Waals surface area contributed by atoms with Gasteiger partial charge in [0.1, 0.15) is 0 Å². The molecule has 1 aromatic carbocycles. The Balaban J connectivity index is 1.99. The molecule has 0 aliphatic rings. The zero-order valence-corrected chi connectivity index (χ0v) is 12.0. The van der Waals surface area contributed by atoms with Gasteiger partial charge in [0.25, 0.3) is 0 Å². The van der Waals surface area contributed by atoms with Crippen molar-refractivity contribution in [3.63, 3.8) is 0 Å². The number of benzene rings is 1. The molecule has 0 saturated carbocycles. The molecule has 0 aliphatic heterocycles. The molecule has 1 heterocycles. The Hall–Kier alpha value is -1.42. The van der Waals surface area contributed by atoms with Crippen molar-refractivity contribution in [3.8, 4) is 0 Å². The van der Waals surface area contributed by atoms with E-state index >= 15 is 0 Å². The number of thiazole rings is 1. The Bertz CT molecular complexity index is 562. The summed E-state index contributed by atoms with van der Waals surface area (Å²) < 4.78 is 0.975. The number of unbranched alkanes of at least 4 members (excludes halogenated alkanes) is 4. The fourth-order valence-corrected chi connectivity index (χ4v) is 3.14. The summed E-state index contributed by atoms with van der Waals surface area (Å²) >= 11 is 1.62. The number of carboxylic acids is 1. The van der Waals surface area contributed by atoms with Crippen LogP contribution in [0.25, 0.3) is 10.2 Å². The van der Waals surface area contributed by atoms with E-state index in [1.165, 1.54) is 32.1 Å². The van der Waals surface area contributed by atoms with Crippen LogP contribution >= 0.6 is 11.3 Å². The SMILES string of the molecule is CCCCCCCc1nc2ccc(C(=O)O)cc2s1. The topological polar surface area (TPSA) is 50.2 Å². The molecule has 0 saturated heterocycles. The van der Waals surface area contributed by atoms with Crippen LogP contribution in [0.15, 0.2) is 18.2 Å². The summed E-state index contributed by atoms with van der Waals surface area (Å²) in [5.41, 5.74) is 1.25. The highest BCUT2D eigenvalue weighted by atomic mass is 32.1. The first kappa shape index (κ1) is 14.0. The van der Waals surface area contributed by atoms with Crippen molar-refractivity contribution in [3.05, 3.63) is 28.8 Å². The van der Waals surface area contributed by atoms with Crippen molar-refractivity contribution in [1.29, 1.82) is 0 Å². The predicted molar refractivity (Wildman–Crippen MR) is 79.0 cm³/mol. The molecule has 0 fully saturated rings. The second-order valence-corrected chi connectivity index (χ2v) is 5.87. The molecule has 19 heavy (non-hydrogen) atoms. The lowest BCUT2D eigenvalue weighted by Crippen LogP contribution is -1.94. The summed E-state index contributed by atoms with van der Waals surface area (Å²) in [5.74, 6) is -0.878. The largest absolute Gasteiger partial charge is 0.478 e. The van der Waals surface area contributed by atoms with E-state index in [9.17, 15) is 4.79 Å². The molecule has 1 N–H and O–H groups in total. The molecule has 0 bridgehead atoms. The molecule has 0 aliphatic carbocycles. The van der Waals surface area contributed by atoms with Crippen molar-refractivity contribution < 1.29 is 9.90 Å². The molecule has 0 unspecified atom stereocenters. The first-order valence-corrected chi connectivity index (χ1v) is 7.65. The van der Waals surface area contributed by atoms with Gasteiger partial charge in [0.15, 0.2) is 0 Å². The number of fused-ring (bicyclic) bond motifs is 1. The average molecular weight is 277 g/mol. The highest BCUT2D eigenvalue weighted by Crippen LogP contribution is 2.24. The van der Waals surface area contributed by atoms with Crippen LogP contribution < -0.4 is 0 Å². The second-order valence-electron chi connectivity index (χ2n) is 4.76. The minimum absolute atomic E-state index is 0.339. The highest BCUT2D eigenvalue weighted by Gasteiger charge is 2.08. The summed E-state index contributed by atoms with van der Waals surface area (Å²) in [6.07, 6.45) is 7.30. The van der Waals surface area contributed by atoms with E-state index in [4.69, 9.17) is 5.11 Å². The maximum atomic E-state index is 10.9. The third-order valence-electron chi connectivity index (χ3n) is 3.17. The number of hydrogen-bond donors (Lipinski definition) is 1. The standard InChI is InChI=1S/C15H19NO2S/c1-2-3-4-5-6-7-14-16-12-9-8-11(15(17)18)10-13(12)19-14/h8-10H,2-7H2,1H3,(H,17,18). The fraction of sp³-hybridized carbons (Fsp3) is 0.467. The lowest BCUT2D eigenvalue weighted by molar-refractivity contribution is 0.0697. The van der Waals surface area contributed by atoms with E-state index < -0.39 is 5.97 Å². The van der Waals surface area contributed by atoms with Gasteiger partial charge in [-0.2, -0.15) is 0 Å². The maximum Gasteiger partial charge on any atom is 0.335 e. The number of rotatable bonds is 7. The molecule has 0 spiro atoms. The minimum atomic E-state index is -0.878. The van der Waals surface area contributed by atoms with E-state index in [2.05, 4.69) is 11.9 Å². The van der Waals surface area contributed by atoms with Gasteiger partial charge in [0.2, 0.25) is 0 Å². The summed E-state index contributed by atoms with van der Waals surface area (Å²) in [5, 5.41) is 10.1. The third-order valence-corrected chi connectivity index (χ3v) is 4.25. The molecule has 0 amide bonds. The van der Waals surface area contributed by atoms with Gasteiger partial charge in [-0.05, 0) is 31.0 Å². The lowest BCUT2D eigenvalue weighted by Gasteiger charge is -1.96. The lowest BCUT2D eigenvalue weighted by atomic mass is 10.1. The maximum absolute atomic E-state index is 10.9.